The highest BCUT2D eigenvalue weighted by Crippen LogP contribution is 2.37. The van der Waals surface area contributed by atoms with E-state index >= 15 is 0 Å². The van der Waals surface area contributed by atoms with Crippen molar-refractivity contribution in [1.29, 1.82) is 0 Å². The summed E-state index contributed by atoms with van der Waals surface area (Å²) < 4.78 is 65.9. The number of amides is 5. The Bertz CT molecular complexity index is 2730. The molecule has 75 heavy (non-hydrogen) atoms. The number of carbonyl (C=O) groups is 6. The number of piperidine rings is 2. The summed E-state index contributed by atoms with van der Waals surface area (Å²) in [6.07, 6.45) is 0.539. The fourth-order valence-electron chi connectivity index (χ4n) is 7.71. The van der Waals surface area contributed by atoms with Gasteiger partial charge in [-0.3, -0.25) is 34.2 Å². The predicted molar refractivity (Wildman–Crippen MR) is 262 cm³/mol. The van der Waals surface area contributed by atoms with Crippen LogP contribution < -0.4 is 20.5 Å². The highest BCUT2D eigenvalue weighted by atomic mass is 32.1. The lowest BCUT2D eigenvalue weighted by Gasteiger charge is -2.31. The zero-order chi connectivity index (χ0) is 54.1. The number of carboxylic acids is 1. The minimum absolute atomic E-state index is 0.0395. The second-order valence-corrected chi connectivity index (χ2v) is 18.7. The number of thiazole rings is 1. The molecule has 3 aliphatic rings. The Morgan fingerprint density at radius 2 is 1.47 bits per heavy atom. The molecule has 2 aromatic heterocycles. The van der Waals surface area contributed by atoms with Crippen molar-refractivity contribution < 1.29 is 80.6 Å². The van der Waals surface area contributed by atoms with E-state index in [2.05, 4.69) is 22.1 Å². The molecule has 1 unspecified atom stereocenters. The summed E-state index contributed by atoms with van der Waals surface area (Å²) in [5, 5.41) is 20.3. The van der Waals surface area contributed by atoms with E-state index in [0.29, 0.717) is 71.5 Å². The molecule has 0 bridgehead atoms. The number of nitrogens with zero attached hydrogens (tertiary/aromatic N) is 4. The van der Waals surface area contributed by atoms with Crippen molar-refractivity contribution in [2.45, 2.75) is 76.3 Å². The summed E-state index contributed by atoms with van der Waals surface area (Å²) in [6.45, 7) is 7.58. The summed E-state index contributed by atoms with van der Waals surface area (Å²) in [7, 11) is 0. The molecule has 0 spiro atoms. The fraction of sp³-hybridized carbons (Fsp3) is 0.451. The summed E-state index contributed by atoms with van der Waals surface area (Å²) in [5.74, 6) is 2.01. The van der Waals surface area contributed by atoms with Crippen molar-refractivity contribution in [2.24, 2.45) is 0 Å². The molecule has 5 heterocycles. The molecule has 5 amide bonds. The maximum absolute atomic E-state index is 13.2. The van der Waals surface area contributed by atoms with Crippen molar-refractivity contribution in [1.82, 2.24) is 25.1 Å². The number of fused-ring (bicyclic) bond motifs is 1. The lowest BCUT2D eigenvalue weighted by molar-refractivity contribution is -0.192. The number of carboxylic acid groups (broad SMARTS) is 1. The number of anilines is 1. The topological polar surface area (TPSA) is 269 Å². The number of benzene rings is 2. The summed E-state index contributed by atoms with van der Waals surface area (Å²) >= 11 is 1.61. The van der Waals surface area contributed by atoms with E-state index in [1.807, 2.05) is 41.4 Å². The van der Waals surface area contributed by atoms with Crippen LogP contribution in [0.2, 0.25) is 0 Å². The number of imide groups is 2. The van der Waals surface area contributed by atoms with Crippen molar-refractivity contribution >= 4 is 52.7 Å². The number of nitrogen functional groups attached to an aromatic ring is 1. The van der Waals surface area contributed by atoms with E-state index in [1.165, 1.54) is 6.07 Å². The van der Waals surface area contributed by atoms with Gasteiger partial charge < -0.3 is 49.3 Å². The molecule has 0 saturated carbocycles. The third-order valence-corrected chi connectivity index (χ3v) is 12.7. The number of ether oxygens (including phenoxy) is 6. The monoisotopic (exact) mass is 1070 g/mol. The number of nitrogens with one attached hydrogen (secondary N) is 1. The predicted octanol–water partition coefficient (Wildman–Crippen LogP) is 4.76. The van der Waals surface area contributed by atoms with Gasteiger partial charge in [0.05, 0.1) is 80.3 Å². The second kappa shape index (κ2) is 27.0. The third kappa shape index (κ3) is 17.0. The molecular formula is C51H57F3N6O14S. The molecular weight excluding hydrogens is 1010 g/mol. The van der Waals surface area contributed by atoms with Crippen LogP contribution in [0.25, 0.3) is 10.4 Å². The molecule has 402 valence electrons. The molecule has 5 N–H and O–H groups in total. The quantitative estimate of drug-likeness (QED) is 0.0469. The first-order chi connectivity index (χ1) is 35.8. The highest BCUT2D eigenvalue weighted by molar-refractivity contribution is 7.15. The molecule has 2 aromatic carbocycles. The first-order valence-corrected chi connectivity index (χ1v) is 24.7. The van der Waals surface area contributed by atoms with Gasteiger partial charge >= 0.3 is 12.1 Å². The van der Waals surface area contributed by atoms with Crippen LogP contribution in [0.3, 0.4) is 0 Å². The van der Waals surface area contributed by atoms with E-state index in [-0.39, 0.29) is 67.2 Å². The number of aliphatic hydroxyl groups is 1. The molecule has 7 rings (SSSR count). The van der Waals surface area contributed by atoms with Gasteiger partial charge in [-0.15, -0.1) is 11.3 Å². The standard InChI is InChI=1S/C49H56N6O12S.C2HF3O2/c1-49(2,61)15-11-32-5-3-6-33(27-32)31-67-39-28-35(29-51-44(39)50)40-30-52-46(68-40)34-12-16-54(17-13-34)42(57)14-18-62-19-20-63-21-22-64-23-24-65-25-26-66-38-8-4-7-36-43(38)48(60)55(47(36)59)37-9-10-41(56)53-45(37)58;3-2(4,5)1(6)7/h3-8,27-30,34,37,61H,9-10,12-14,16-26,31H2,1-2H3,(H2,50,51)(H,53,56,58);(H,6,7). The van der Waals surface area contributed by atoms with Crippen molar-refractivity contribution in [3.63, 3.8) is 0 Å². The SMILES string of the molecule is CC(C)(O)C#Cc1cccc(COc2cc(-c3cnc(C4CCN(C(=O)CCOCCOCCOCCOCCOc5cccc6c5C(=O)N(C5CCC(=O)NC5=O)C6=O)CC4)s3)cnc2N)c1.O=C(O)C(F)(F)F. The fourth-order valence-corrected chi connectivity index (χ4v) is 8.78. The van der Waals surface area contributed by atoms with E-state index in [1.54, 1.807) is 43.5 Å². The molecule has 24 heteroatoms. The van der Waals surface area contributed by atoms with Gasteiger partial charge in [-0.2, -0.15) is 13.2 Å². The van der Waals surface area contributed by atoms with Crippen LogP contribution in [0, 0.1) is 11.8 Å². The van der Waals surface area contributed by atoms with Crippen LogP contribution in [0.4, 0.5) is 19.0 Å². The summed E-state index contributed by atoms with van der Waals surface area (Å²) in [5.41, 5.74) is 7.86. The first-order valence-electron chi connectivity index (χ1n) is 23.8. The van der Waals surface area contributed by atoms with Crippen LogP contribution in [0.15, 0.2) is 60.9 Å². The zero-order valence-corrected chi connectivity index (χ0v) is 42.0. The number of carbonyl (C=O) groups excluding carboxylic acids is 5. The molecule has 2 saturated heterocycles. The maximum Gasteiger partial charge on any atom is 0.490 e. The number of alkyl halides is 3. The Morgan fingerprint density at radius 3 is 2.11 bits per heavy atom. The molecule has 1 atom stereocenters. The summed E-state index contributed by atoms with van der Waals surface area (Å²) in [6, 6.07) is 13.1. The van der Waals surface area contributed by atoms with Gasteiger partial charge in [0.15, 0.2) is 11.6 Å². The van der Waals surface area contributed by atoms with Gasteiger partial charge in [0.1, 0.15) is 30.6 Å². The Hall–Kier alpha value is -7.01. The minimum Gasteiger partial charge on any atom is -0.490 e. The lowest BCUT2D eigenvalue weighted by Crippen LogP contribution is -2.54. The largest absolute Gasteiger partial charge is 0.490 e. The zero-order valence-electron chi connectivity index (χ0n) is 41.2. The molecule has 3 aliphatic heterocycles. The van der Waals surface area contributed by atoms with Crippen LogP contribution in [-0.2, 0) is 44.7 Å². The number of nitrogens with two attached hydrogens (primary N) is 1. The number of hydrogen-bond donors (Lipinski definition) is 4. The van der Waals surface area contributed by atoms with E-state index in [9.17, 15) is 42.3 Å². The Morgan fingerprint density at radius 1 is 0.827 bits per heavy atom. The van der Waals surface area contributed by atoms with Crippen LogP contribution in [0.1, 0.15) is 88.7 Å². The maximum atomic E-state index is 13.2. The number of aromatic nitrogens is 2. The van der Waals surface area contributed by atoms with Crippen LogP contribution in [0.5, 0.6) is 11.5 Å². The highest BCUT2D eigenvalue weighted by Gasteiger charge is 2.46. The third-order valence-electron chi connectivity index (χ3n) is 11.5. The van der Waals surface area contributed by atoms with Crippen LogP contribution in [-0.4, -0.2) is 156 Å². The smallest absolute Gasteiger partial charge is 0.490 e. The normalized spacial score (nSPS) is 15.9. The van der Waals surface area contributed by atoms with E-state index in [0.717, 1.165) is 44.3 Å². The number of likely N-dealkylation sites (tertiary alicyclic amines) is 1. The Balaban J connectivity index is 0.00000122. The molecule has 20 nitrogen and oxygen atoms in total. The average Bonchev–Trinajstić information content (AvgIpc) is 3.97. The number of aliphatic carboxylic acids is 1. The molecule has 0 radical (unpaired) electrons. The van der Waals surface area contributed by atoms with Crippen molar-refractivity contribution in [2.75, 3.05) is 78.3 Å². The van der Waals surface area contributed by atoms with Crippen molar-refractivity contribution in [3.05, 3.63) is 88.2 Å². The minimum atomic E-state index is -5.08. The van der Waals surface area contributed by atoms with E-state index < -0.39 is 47.4 Å². The van der Waals surface area contributed by atoms with Gasteiger partial charge in [-0.1, -0.05) is 30.0 Å². The number of rotatable bonds is 22. The van der Waals surface area contributed by atoms with Gasteiger partial charge in [0.2, 0.25) is 17.7 Å². The summed E-state index contributed by atoms with van der Waals surface area (Å²) in [4.78, 5) is 84.8. The molecule has 2 fully saturated rings. The van der Waals surface area contributed by atoms with Crippen LogP contribution >= 0.6 is 11.3 Å². The Labute approximate surface area is 433 Å². The van der Waals surface area contributed by atoms with Gasteiger partial charge in [-0.25, -0.2) is 14.8 Å². The molecule has 4 aromatic rings. The second-order valence-electron chi connectivity index (χ2n) is 17.6. The first kappa shape index (κ1) is 57.3. The Kier molecular flexibility index (Phi) is 20.6. The number of halogens is 3. The van der Waals surface area contributed by atoms with Gasteiger partial charge in [-0.05, 0) is 69.0 Å². The van der Waals surface area contributed by atoms with Crippen molar-refractivity contribution in [3.8, 4) is 33.8 Å². The van der Waals surface area contributed by atoms with Gasteiger partial charge in [0.25, 0.3) is 11.8 Å². The number of hydrogen-bond acceptors (Lipinski definition) is 17. The molecule has 0 aliphatic carbocycles. The van der Waals surface area contributed by atoms with E-state index in [4.69, 9.17) is 49.0 Å². The van der Waals surface area contributed by atoms with Gasteiger partial charge in [0, 0.05) is 48.9 Å². The average molecular weight is 1070 g/mol. The lowest BCUT2D eigenvalue weighted by atomic mass is 9.97. The number of pyridine rings is 1.